The van der Waals surface area contributed by atoms with Crippen LogP contribution in [0.2, 0.25) is 5.02 Å². The average molecular weight is 441 g/mol. The third kappa shape index (κ3) is 6.07. The molecule has 2 aromatic rings. The van der Waals surface area contributed by atoms with Crippen LogP contribution in [0.5, 0.6) is 0 Å². The van der Waals surface area contributed by atoms with E-state index >= 15 is 0 Å². The minimum atomic E-state index is -0.720. The molecule has 0 bridgehead atoms. The van der Waals surface area contributed by atoms with E-state index in [9.17, 15) is 9.59 Å². The van der Waals surface area contributed by atoms with E-state index in [1.807, 2.05) is 26.8 Å². The van der Waals surface area contributed by atoms with Gasteiger partial charge < -0.3 is 10.2 Å². The molecule has 1 fully saturated rings. The Labute approximate surface area is 188 Å². The van der Waals surface area contributed by atoms with Gasteiger partial charge in [0.2, 0.25) is 0 Å². The Morgan fingerprint density at radius 2 is 1.87 bits per heavy atom. The van der Waals surface area contributed by atoms with Crippen LogP contribution in [0.4, 0.5) is 5.69 Å². The summed E-state index contributed by atoms with van der Waals surface area (Å²) in [7, 11) is 0. The van der Waals surface area contributed by atoms with E-state index in [4.69, 9.17) is 11.6 Å². The lowest BCUT2D eigenvalue weighted by Gasteiger charge is -2.20. The normalized spacial score (nSPS) is 14.8. The number of aryl methyl sites for hydroxylation is 1. The fourth-order valence-corrected chi connectivity index (χ4v) is 3.79. The molecule has 0 radical (unpaired) electrons. The number of nitrogens with one attached hydrogen (secondary N) is 2. The van der Waals surface area contributed by atoms with Crippen LogP contribution >= 0.6 is 11.6 Å². The highest BCUT2D eigenvalue weighted by Gasteiger charge is 2.24. The van der Waals surface area contributed by atoms with E-state index in [2.05, 4.69) is 32.9 Å². The number of amides is 2. The molecule has 7 heteroatoms. The second-order valence-electron chi connectivity index (χ2n) is 8.17. The van der Waals surface area contributed by atoms with Crippen molar-refractivity contribution in [2.45, 2.75) is 39.7 Å². The van der Waals surface area contributed by atoms with Crippen molar-refractivity contribution in [3.05, 3.63) is 64.2 Å². The van der Waals surface area contributed by atoms with Crippen LogP contribution in [-0.4, -0.2) is 37.2 Å². The number of nitrogens with zero attached hydrogens (tertiary/aromatic N) is 2. The maximum absolute atomic E-state index is 12.6. The molecule has 6 nitrogen and oxygen atoms in total. The third-order valence-electron chi connectivity index (χ3n) is 5.43. The summed E-state index contributed by atoms with van der Waals surface area (Å²) in [6.45, 7) is 7.96. The first-order chi connectivity index (χ1) is 14.8. The smallest absolute Gasteiger partial charge is 0.262 e. The van der Waals surface area contributed by atoms with Crippen LogP contribution < -0.4 is 15.6 Å². The van der Waals surface area contributed by atoms with Gasteiger partial charge in [0.25, 0.3) is 11.8 Å². The van der Waals surface area contributed by atoms with Gasteiger partial charge in [0.1, 0.15) is 6.04 Å². The number of rotatable bonds is 7. The van der Waals surface area contributed by atoms with Gasteiger partial charge in [-0.05, 0) is 67.1 Å². The van der Waals surface area contributed by atoms with Crippen molar-refractivity contribution in [2.75, 3.05) is 18.0 Å². The zero-order valence-electron chi connectivity index (χ0n) is 18.2. The van der Waals surface area contributed by atoms with Gasteiger partial charge in [0, 0.05) is 29.4 Å². The van der Waals surface area contributed by atoms with Gasteiger partial charge in [-0.25, -0.2) is 5.43 Å². The first-order valence-electron chi connectivity index (χ1n) is 10.6. The van der Waals surface area contributed by atoms with E-state index < -0.39 is 6.04 Å². The first-order valence-corrected chi connectivity index (χ1v) is 11.0. The summed E-state index contributed by atoms with van der Waals surface area (Å²) in [6, 6.07) is 12.1. The van der Waals surface area contributed by atoms with Crippen LogP contribution in [-0.2, 0) is 4.79 Å². The van der Waals surface area contributed by atoms with Gasteiger partial charge in [-0.15, -0.1) is 0 Å². The quantitative estimate of drug-likeness (QED) is 0.501. The maximum Gasteiger partial charge on any atom is 0.262 e. The molecule has 164 valence electrons. The summed E-state index contributed by atoms with van der Waals surface area (Å²) in [5.74, 6) is -0.832. The Bertz CT molecular complexity index is 968. The number of carbonyl (C=O) groups is 2. The van der Waals surface area contributed by atoms with Crippen molar-refractivity contribution in [2.24, 2.45) is 11.0 Å². The number of hydrazone groups is 1. The Hall–Kier alpha value is -2.86. The highest BCUT2D eigenvalue weighted by molar-refractivity contribution is 6.31. The molecule has 0 saturated carbocycles. The molecule has 3 rings (SSSR count). The molecule has 0 aromatic heterocycles. The summed E-state index contributed by atoms with van der Waals surface area (Å²) in [5, 5.41) is 7.35. The second-order valence-corrected chi connectivity index (χ2v) is 8.61. The van der Waals surface area contributed by atoms with Crippen molar-refractivity contribution in [3.8, 4) is 0 Å². The first kappa shape index (κ1) is 22.8. The molecule has 1 aliphatic rings. The molecule has 1 unspecified atom stereocenters. The molecular formula is C24H29ClN4O2. The number of benzene rings is 2. The fourth-order valence-electron chi connectivity index (χ4n) is 3.60. The van der Waals surface area contributed by atoms with E-state index in [1.165, 1.54) is 18.5 Å². The van der Waals surface area contributed by atoms with Crippen LogP contribution in [0.3, 0.4) is 0 Å². The molecule has 1 atom stereocenters. The zero-order chi connectivity index (χ0) is 22.4. The van der Waals surface area contributed by atoms with Crippen LogP contribution in [0.1, 0.15) is 48.2 Å². The number of carbonyl (C=O) groups excluding carboxylic acids is 2. The molecule has 1 heterocycles. The summed E-state index contributed by atoms with van der Waals surface area (Å²) in [6.07, 6.45) is 4.11. The van der Waals surface area contributed by atoms with E-state index in [0.717, 1.165) is 24.2 Å². The predicted molar refractivity (Wildman–Crippen MR) is 126 cm³/mol. The molecule has 31 heavy (non-hydrogen) atoms. The Morgan fingerprint density at radius 1 is 1.13 bits per heavy atom. The SMILES string of the molecule is Cc1cc(N2CCCC2)ccc1C=NNC(=O)C(NC(=O)c1cccc(Cl)c1)C(C)C. The zero-order valence-corrected chi connectivity index (χ0v) is 18.9. The van der Waals surface area contributed by atoms with Gasteiger partial charge in [-0.2, -0.15) is 5.10 Å². The molecule has 1 aliphatic heterocycles. The molecule has 0 aliphatic carbocycles. The molecule has 2 aromatic carbocycles. The van der Waals surface area contributed by atoms with Crippen molar-refractivity contribution < 1.29 is 9.59 Å². The minimum Gasteiger partial charge on any atom is -0.372 e. The van der Waals surface area contributed by atoms with Gasteiger partial charge in [-0.3, -0.25) is 9.59 Å². The van der Waals surface area contributed by atoms with Crippen molar-refractivity contribution in [3.63, 3.8) is 0 Å². The lowest BCUT2D eigenvalue weighted by Crippen LogP contribution is -2.48. The van der Waals surface area contributed by atoms with Gasteiger partial charge in [0.15, 0.2) is 0 Å². The Balaban J connectivity index is 1.61. The monoisotopic (exact) mass is 440 g/mol. The average Bonchev–Trinajstić information content (AvgIpc) is 3.27. The summed E-state index contributed by atoms with van der Waals surface area (Å²) < 4.78 is 0. The number of hydrogen-bond acceptors (Lipinski definition) is 4. The van der Waals surface area contributed by atoms with Crippen LogP contribution in [0.25, 0.3) is 0 Å². The molecule has 0 spiro atoms. The number of hydrogen-bond donors (Lipinski definition) is 2. The van der Waals surface area contributed by atoms with Crippen molar-refractivity contribution >= 4 is 35.3 Å². The van der Waals surface area contributed by atoms with Gasteiger partial charge in [-0.1, -0.05) is 37.6 Å². The molecule has 1 saturated heterocycles. The fraction of sp³-hybridized carbons (Fsp3) is 0.375. The van der Waals surface area contributed by atoms with E-state index in [1.54, 1.807) is 30.5 Å². The predicted octanol–water partition coefficient (Wildman–Crippen LogP) is 4.15. The van der Waals surface area contributed by atoms with Gasteiger partial charge >= 0.3 is 0 Å². The highest BCUT2D eigenvalue weighted by atomic mass is 35.5. The topological polar surface area (TPSA) is 73.8 Å². The Kier molecular flexibility index (Phi) is 7.69. The lowest BCUT2D eigenvalue weighted by atomic mass is 10.0. The van der Waals surface area contributed by atoms with Crippen molar-refractivity contribution in [1.82, 2.24) is 10.7 Å². The van der Waals surface area contributed by atoms with Gasteiger partial charge in [0.05, 0.1) is 6.21 Å². The number of anilines is 1. The maximum atomic E-state index is 12.6. The Morgan fingerprint density at radius 3 is 2.52 bits per heavy atom. The summed E-state index contributed by atoms with van der Waals surface area (Å²) in [5.41, 5.74) is 6.22. The summed E-state index contributed by atoms with van der Waals surface area (Å²) >= 11 is 5.96. The molecule has 2 amide bonds. The van der Waals surface area contributed by atoms with E-state index in [0.29, 0.717) is 10.6 Å². The standard InChI is InChI=1S/C24H29ClN4O2/c1-16(2)22(27-23(30)18-7-6-8-20(25)14-18)24(31)28-26-15-19-9-10-21(13-17(19)3)29-11-4-5-12-29/h6-10,13-16,22H,4-5,11-12H2,1-3H3,(H,27,30)(H,28,31). The van der Waals surface area contributed by atoms with Crippen molar-refractivity contribution in [1.29, 1.82) is 0 Å². The lowest BCUT2D eigenvalue weighted by molar-refractivity contribution is -0.123. The van der Waals surface area contributed by atoms with Crippen LogP contribution in [0, 0.1) is 12.8 Å². The highest BCUT2D eigenvalue weighted by Crippen LogP contribution is 2.22. The number of halogens is 1. The molecular weight excluding hydrogens is 412 g/mol. The second kappa shape index (κ2) is 10.4. The van der Waals surface area contributed by atoms with E-state index in [-0.39, 0.29) is 17.7 Å². The minimum absolute atomic E-state index is 0.111. The largest absolute Gasteiger partial charge is 0.372 e. The summed E-state index contributed by atoms with van der Waals surface area (Å²) in [4.78, 5) is 27.5. The molecule has 2 N–H and O–H groups in total. The third-order valence-corrected chi connectivity index (χ3v) is 5.66. The van der Waals surface area contributed by atoms with Crippen LogP contribution in [0.15, 0.2) is 47.6 Å².